The van der Waals surface area contributed by atoms with Crippen molar-refractivity contribution in [3.05, 3.63) is 46.0 Å². The van der Waals surface area contributed by atoms with Crippen LogP contribution in [0.25, 0.3) is 5.82 Å². The fourth-order valence-electron chi connectivity index (χ4n) is 2.48. The number of nitrogens with zero attached hydrogens (tertiary/aromatic N) is 2. The number of primary amides is 1. The predicted octanol–water partition coefficient (Wildman–Crippen LogP) is 0.513. The highest BCUT2D eigenvalue weighted by Gasteiger charge is 2.26. The molecule has 1 aliphatic carbocycles. The van der Waals surface area contributed by atoms with Crippen LogP contribution in [0.3, 0.4) is 0 Å². The number of aromatic amines is 1. The molecule has 0 radical (unpaired) electrons. The summed E-state index contributed by atoms with van der Waals surface area (Å²) in [5, 5.41) is 3.06. The molecule has 2 aromatic rings. The average Bonchev–Trinajstić information content (AvgIpc) is 2.76. The summed E-state index contributed by atoms with van der Waals surface area (Å²) in [7, 11) is 0. The lowest BCUT2D eigenvalue weighted by atomic mass is 9.95. The SMILES string of the molecule is NC(=O)OC1CCc2[nH]n(-c3ccccn3)c(=O)c2C1. The number of aryl methyl sites for hydroxylation is 1. The van der Waals surface area contributed by atoms with Gasteiger partial charge in [-0.05, 0) is 25.0 Å². The van der Waals surface area contributed by atoms with Crippen LogP contribution in [0.5, 0.6) is 0 Å². The number of aromatic nitrogens is 3. The summed E-state index contributed by atoms with van der Waals surface area (Å²) in [6, 6.07) is 5.35. The van der Waals surface area contributed by atoms with Gasteiger partial charge in [0.25, 0.3) is 5.56 Å². The molecule has 20 heavy (non-hydrogen) atoms. The molecule has 2 aromatic heterocycles. The van der Waals surface area contributed by atoms with Gasteiger partial charge in [0.15, 0.2) is 5.82 Å². The Morgan fingerprint density at radius 2 is 2.35 bits per heavy atom. The molecular formula is C13H14N4O3. The van der Waals surface area contributed by atoms with Crippen molar-refractivity contribution in [3.63, 3.8) is 0 Å². The first kappa shape index (κ1) is 12.5. The van der Waals surface area contributed by atoms with Crippen LogP contribution >= 0.6 is 0 Å². The number of pyridine rings is 1. The lowest BCUT2D eigenvalue weighted by Gasteiger charge is -2.20. The Kier molecular flexibility index (Phi) is 3.02. The molecule has 0 saturated carbocycles. The number of amides is 1. The molecule has 1 aliphatic rings. The molecule has 0 spiro atoms. The third-order valence-corrected chi connectivity index (χ3v) is 3.38. The van der Waals surface area contributed by atoms with Crippen molar-refractivity contribution in [2.75, 3.05) is 0 Å². The van der Waals surface area contributed by atoms with Crippen LogP contribution < -0.4 is 11.3 Å². The van der Waals surface area contributed by atoms with Gasteiger partial charge in [0.05, 0.1) is 0 Å². The van der Waals surface area contributed by atoms with Crippen molar-refractivity contribution < 1.29 is 9.53 Å². The van der Waals surface area contributed by atoms with Crippen molar-refractivity contribution in [2.45, 2.75) is 25.4 Å². The van der Waals surface area contributed by atoms with Gasteiger partial charge in [-0.1, -0.05) is 6.07 Å². The Hall–Kier alpha value is -2.57. The smallest absolute Gasteiger partial charge is 0.404 e. The average molecular weight is 274 g/mol. The molecule has 0 fully saturated rings. The van der Waals surface area contributed by atoms with E-state index >= 15 is 0 Å². The molecule has 2 heterocycles. The van der Waals surface area contributed by atoms with Gasteiger partial charge in [-0.25, -0.2) is 14.5 Å². The number of fused-ring (bicyclic) bond motifs is 1. The monoisotopic (exact) mass is 274 g/mol. The Balaban J connectivity index is 1.94. The molecule has 7 heteroatoms. The first-order valence-electron chi connectivity index (χ1n) is 6.35. The fourth-order valence-corrected chi connectivity index (χ4v) is 2.48. The van der Waals surface area contributed by atoms with Crippen molar-refractivity contribution >= 4 is 6.09 Å². The van der Waals surface area contributed by atoms with Crippen LogP contribution in [0.1, 0.15) is 17.7 Å². The van der Waals surface area contributed by atoms with E-state index in [1.165, 1.54) is 4.68 Å². The summed E-state index contributed by atoms with van der Waals surface area (Å²) in [6.45, 7) is 0. The number of carbonyl (C=O) groups excluding carboxylic acids is 1. The Morgan fingerprint density at radius 1 is 1.50 bits per heavy atom. The van der Waals surface area contributed by atoms with Crippen LogP contribution in [0, 0.1) is 0 Å². The van der Waals surface area contributed by atoms with E-state index in [4.69, 9.17) is 10.5 Å². The summed E-state index contributed by atoms with van der Waals surface area (Å²) in [4.78, 5) is 27.3. The van der Waals surface area contributed by atoms with E-state index in [0.29, 0.717) is 30.6 Å². The molecule has 0 bridgehead atoms. The van der Waals surface area contributed by atoms with Crippen molar-refractivity contribution in [3.8, 4) is 5.82 Å². The quantitative estimate of drug-likeness (QED) is 0.832. The highest BCUT2D eigenvalue weighted by atomic mass is 16.6. The number of rotatable bonds is 2. The number of hydrogen-bond donors (Lipinski definition) is 2. The number of hydrogen-bond acceptors (Lipinski definition) is 4. The maximum absolute atomic E-state index is 12.4. The van der Waals surface area contributed by atoms with Crippen molar-refractivity contribution in [2.24, 2.45) is 5.73 Å². The van der Waals surface area contributed by atoms with E-state index in [0.717, 1.165) is 5.69 Å². The largest absolute Gasteiger partial charge is 0.446 e. The topological polar surface area (TPSA) is 103 Å². The predicted molar refractivity (Wildman–Crippen MR) is 70.7 cm³/mol. The first-order chi connectivity index (χ1) is 9.65. The molecule has 3 rings (SSSR count). The summed E-state index contributed by atoms with van der Waals surface area (Å²) in [5.41, 5.74) is 6.36. The van der Waals surface area contributed by atoms with Gasteiger partial charge in [0, 0.05) is 23.9 Å². The van der Waals surface area contributed by atoms with Gasteiger partial charge >= 0.3 is 6.09 Å². The maximum atomic E-state index is 12.4. The van der Waals surface area contributed by atoms with Crippen LogP contribution in [0.15, 0.2) is 29.2 Å². The fraction of sp³-hybridized carbons (Fsp3) is 0.308. The zero-order chi connectivity index (χ0) is 14.1. The second-order valence-electron chi connectivity index (χ2n) is 4.70. The van der Waals surface area contributed by atoms with Gasteiger partial charge in [0.2, 0.25) is 0 Å². The highest BCUT2D eigenvalue weighted by Crippen LogP contribution is 2.20. The molecule has 1 amide bonds. The third kappa shape index (κ3) is 2.18. The van der Waals surface area contributed by atoms with Crippen LogP contribution in [0.2, 0.25) is 0 Å². The number of nitrogens with two attached hydrogens (primary N) is 1. The highest BCUT2D eigenvalue weighted by molar-refractivity contribution is 5.64. The molecule has 0 aromatic carbocycles. The molecule has 104 valence electrons. The molecule has 3 N–H and O–H groups in total. The van der Waals surface area contributed by atoms with E-state index in [9.17, 15) is 9.59 Å². The number of carbonyl (C=O) groups is 1. The van der Waals surface area contributed by atoms with Crippen LogP contribution in [-0.4, -0.2) is 27.0 Å². The van der Waals surface area contributed by atoms with Gasteiger partial charge in [-0.15, -0.1) is 0 Å². The number of ether oxygens (including phenoxy) is 1. The normalized spacial score (nSPS) is 17.5. The van der Waals surface area contributed by atoms with Crippen LogP contribution in [0.4, 0.5) is 4.79 Å². The number of nitrogens with one attached hydrogen (secondary N) is 1. The maximum Gasteiger partial charge on any atom is 0.404 e. The minimum absolute atomic E-state index is 0.156. The van der Waals surface area contributed by atoms with Gasteiger partial charge in [0.1, 0.15) is 6.10 Å². The van der Waals surface area contributed by atoms with Gasteiger partial charge < -0.3 is 10.5 Å². The molecule has 7 nitrogen and oxygen atoms in total. The zero-order valence-corrected chi connectivity index (χ0v) is 10.7. The summed E-state index contributed by atoms with van der Waals surface area (Å²) in [6.07, 6.45) is 2.16. The zero-order valence-electron chi connectivity index (χ0n) is 10.7. The lowest BCUT2D eigenvalue weighted by Crippen LogP contribution is -2.30. The lowest BCUT2D eigenvalue weighted by molar-refractivity contribution is 0.0976. The molecular weight excluding hydrogens is 260 g/mol. The Labute approximate surface area is 114 Å². The van der Waals surface area contributed by atoms with Gasteiger partial charge in [-0.3, -0.25) is 9.89 Å². The van der Waals surface area contributed by atoms with E-state index in [1.807, 2.05) is 6.07 Å². The van der Waals surface area contributed by atoms with Crippen LogP contribution in [-0.2, 0) is 17.6 Å². The second kappa shape index (κ2) is 4.84. The summed E-state index contributed by atoms with van der Waals surface area (Å²) < 4.78 is 6.39. The second-order valence-corrected chi connectivity index (χ2v) is 4.70. The van der Waals surface area contributed by atoms with Crippen molar-refractivity contribution in [1.82, 2.24) is 14.8 Å². The molecule has 0 aliphatic heterocycles. The van der Waals surface area contributed by atoms with E-state index in [2.05, 4.69) is 10.1 Å². The third-order valence-electron chi connectivity index (χ3n) is 3.38. The van der Waals surface area contributed by atoms with E-state index in [1.54, 1.807) is 18.3 Å². The van der Waals surface area contributed by atoms with E-state index < -0.39 is 6.09 Å². The summed E-state index contributed by atoms with van der Waals surface area (Å²) >= 11 is 0. The molecule has 1 atom stereocenters. The van der Waals surface area contributed by atoms with Gasteiger partial charge in [-0.2, -0.15) is 0 Å². The Bertz CT molecular complexity index is 689. The minimum atomic E-state index is -0.806. The first-order valence-corrected chi connectivity index (χ1v) is 6.35. The minimum Gasteiger partial charge on any atom is -0.446 e. The Morgan fingerprint density at radius 3 is 3.05 bits per heavy atom. The number of H-pyrrole nitrogens is 1. The summed E-state index contributed by atoms with van der Waals surface area (Å²) in [5.74, 6) is 0.541. The van der Waals surface area contributed by atoms with Crippen molar-refractivity contribution in [1.29, 1.82) is 0 Å². The van der Waals surface area contributed by atoms with E-state index in [-0.39, 0.29) is 11.7 Å². The molecule has 0 saturated heterocycles. The standard InChI is InChI=1S/C13H14N4O3/c14-13(19)20-8-4-5-10-9(7-8)12(18)17(16-10)11-3-1-2-6-15-11/h1-3,6,8,16H,4-5,7H2,(H2,14,19). The molecule has 1 unspecified atom stereocenters.